The van der Waals surface area contributed by atoms with Gasteiger partial charge in [-0.3, -0.25) is 9.59 Å². The molecule has 2 aromatic heterocycles. The van der Waals surface area contributed by atoms with Crippen LogP contribution in [0.1, 0.15) is 97.4 Å². The van der Waals surface area contributed by atoms with E-state index in [0.717, 1.165) is 71.6 Å². The number of aromatic nitrogens is 4. The third-order valence-electron chi connectivity index (χ3n) is 15.6. The van der Waals surface area contributed by atoms with Crippen LogP contribution in [0.15, 0.2) is 60.9 Å². The lowest BCUT2D eigenvalue weighted by Gasteiger charge is -2.53. The summed E-state index contributed by atoms with van der Waals surface area (Å²) in [6, 6.07) is 16.0. The topological polar surface area (TPSA) is 166 Å². The van der Waals surface area contributed by atoms with Crippen LogP contribution < -0.4 is 5.32 Å². The highest BCUT2D eigenvalue weighted by atomic mass is 16.6. The van der Waals surface area contributed by atoms with Gasteiger partial charge in [-0.2, -0.15) is 0 Å². The van der Waals surface area contributed by atoms with Gasteiger partial charge in [-0.25, -0.2) is 9.97 Å². The predicted molar refractivity (Wildman–Crippen MR) is 215 cm³/mol. The molecule has 5 heterocycles. The Hall–Kier alpha value is -4.36. The molecule has 5 N–H and O–H groups in total. The Kier molecular flexibility index (Phi) is 7.39. The maximum atomic E-state index is 14.0. The van der Waals surface area contributed by atoms with Gasteiger partial charge in [0.25, 0.3) is 11.8 Å². The quantitative estimate of drug-likeness (QED) is 0.129. The van der Waals surface area contributed by atoms with Crippen molar-refractivity contribution in [3.05, 3.63) is 72.6 Å². The van der Waals surface area contributed by atoms with Gasteiger partial charge >= 0.3 is 0 Å². The molecular formula is C46H54N6O6. The molecular weight excluding hydrogens is 733 g/mol. The molecule has 11 atom stereocenters. The van der Waals surface area contributed by atoms with E-state index in [4.69, 9.17) is 19.4 Å². The number of rotatable bonds is 10. The van der Waals surface area contributed by atoms with Crippen molar-refractivity contribution in [3.8, 4) is 33.6 Å². The first kappa shape index (κ1) is 36.7. The summed E-state index contributed by atoms with van der Waals surface area (Å²) < 4.78 is 12.5. The van der Waals surface area contributed by atoms with Crippen molar-refractivity contribution in [1.29, 1.82) is 0 Å². The second-order valence-electron chi connectivity index (χ2n) is 20.6. The molecule has 0 radical (unpaired) electrons. The van der Waals surface area contributed by atoms with Gasteiger partial charge in [-0.1, -0.05) is 90.1 Å². The first-order chi connectivity index (χ1) is 27.6. The maximum absolute atomic E-state index is 14.0. The van der Waals surface area contributed by atoms with Crippen molar-refractivity contribution in [2.45, 2.75) is 115 Å². The number of benzene rings is 2. The van der Waals surface area contributed by atoms with Crippen molar-refractivity contribution < 1.29 is 29.3 Å². The number of carbonyl (C=O) groups excluding carboxylic acids is 2. The number of carbonyl (C=O) groups is 2. The minimum Gasteiger partial charge on any atom is -0.393 e. The van der Waals surface area contributed by atoms with Crippen LogP contribution in [0.25, 0.3) is 33.6 Å². The number of hydrogen-bond acceptors (Lipinski definition) is 8. The summed E-state index contributed by atoms with van der Waals surface area (Å²) in [6.07, 6.45) is 8.93. The van der Waals surface area contributed by atoms with Gasteiger partial charge in [0.05, 0.1) is 48.9 Å². The standard InChI is InChI=1S/C46H54N6O6/c1-41(2,3)34(51-39(55)46(23-54)44-19-28(44)15-16-32(44)58-46)37-47-20-29(49-37)26-11-7-24(8-12-26)25-9-13-27(14-10-25)30-21-48-38(50-30)36(42(4,5)6)52-35-33-43(35)18-17-31(43)57-45(33,22-53)40(52)56/h7-14,20-21,28,31-36,53-54H,15-19,22-23H2,1-6H3,(H,47,49)(H,48,50)(H,51,55)/t28?,31?,32?,33?,34-,35?,36-,43?,44?,45?,46?/m1/s1. The van der Waals surface area contributed by atoms with E-state index >= 15 is 0 Å². The lowest BCUT2D eigenvalue weighted by molar-refractivity contribution is -0.272. The van der Waals surface area contributed by atoms with Crippen LogP contribution >= 0.6 is 0 Å². The minimum atomic E-state index is -1.17. The van der Waals surface area contributed by atoms with Crippen LogP contribution in [0.4, 0.5) is 0 Å². The minimum absolute atomic E-state index is 0.00524. The lowest BCUT2D eigenvalue weighted by atomic mass is 9.73. The SMILES string of the molecule is CC(C)(C)[C@H](NC(=O)C1(CO)OC2CCC3CC321)c1nc(-c2ccc(-c3ccc(-c4c[nH]c([C@@H](N5C(=O)C6(CO)OC7CCC78C5C68)C(C)(C)C)n4)cc3)cc2)c[nH]1. The highest BCUT2D eigenvalue weighted by Crippen LogP contribution is 2.81. The summed E-state index contributed by atoms with van der Waals surface area (Å²) in [5, 5.41) is 24.2. The number of H-pyrrole nitrogens is 2. The maximum Gasteiger partial charge on any atom is 0.258 e. The molecule has 2 aromatic carbocycles. The van der Waals surface area contributed by atoms with E-state index in [-0.39, 0.29) is 76.9 Å². The molecule has 7 aliphatic rings. The number of aliphatic hydroxyl groups excluding tert-OH is 2. The molecule has 0 bridgehead atoms. The number of likely N-dealkylation sites (tertiary alicyclic amines) is 1. The number of ether oxygens (including phenoxy) is 2. The van der Waals surface area contributed by atoms with E-state index in [1.54, 1.807) is 0 Å². The van der Waals surface area contributed by atoms with E-state index in [9.17, 15) is 19.8 Å². The summed E-state index contributed by atoms with van der Waals surface area (Å²) in [5.41, 5.74) is 2.50. The monoisotopic (exact) mass is 786 g/mol. The Morgan fingerprint density at radius 1 is 0.828 bits per heavy atom. The van der Waals surface area contributed by atoms with Crippen LogP contribution in [-0.2, 0) is 19.1 Å². The second kappa shape index (κ2) is 11.7. The molecule has 9 unspecified atom stereocenters. The van der Waals surface area contributed by atoms with Crippen LogP contribution in [0.2, 0.25) is 0 Å². The van der Waals surface area contributed by atoms with Crippen LogP contribution in [0.3, 0.4) is 0 Å². The molecule has 4 aliphatic carbocycles. The number of nitrogens with zero attached hydrogens (tertiary/aromatic N) is 3. The normalized spacial score (nSPS) is 36.0. The number of hydrogen-bond donors (Lipinski definition) is 5. The largest absolute Gasteiger partial charge is 0.393 e. The fraction of sp³-hybridized carbons (Fsp3) is 0.565. The zero-order valence-electron chi connectivity index (χ0n) is 34.1. The second-order valence-corrected chi connectivity index (χ2v) is 20.6. The van der Waals surface area contributed by atoms with Crippen LogP contribution in [-0.4, -0.2) is 89.5 Å². The van der Waals surface area contributed by atoms with Gasteiger partial charge in [0.2, 0.25) is 0 Å². The van der Waals surface area contributed by atoms with E-state index in [1.165, 1.54) is 0 Å². The molecule has 304 valence electrons. The van der Waals surface area contributed by atoms with Crippen molar-refractivity contribution in [3.63, 3.8) is 0 Å². The fourth-order valence-electron chi connectivity index (χ4n) is 12.6. The molecule has 11 rings (SSSR count). The van der Waals surface area contributed by atoms with Gasteiger partial charge in [0.15, 0.2) is 11.2 Å². The lowest BCUT2D eigenvalue weighted by Crippen LogP contribution is -2.71. The number of imidazole rings is 2. The number of piperidine rings is 1. The molecule has 12 heteroatoms. The molecule has 2 amide bonds. The number of aromatic amines is 2. The van der Waals surface area contributed by atoms with Gasteiger partial charge in [-0.15, -0.1) is 0 Å². The molecule has 3 aliphatic heterocycles. The third kappa shape index (κ3) is 4.55. The third-order valence-corrected chi connectivity index (χ3v) is 15.6. The summed E-state index contributed by atoms with van der Waals surface area (Å²) in [6.45, 7) is 12.1. The average Bonchev–Trinajstić information content (AvgIpc) is 3.78. The van der Waals surface area contributed by atoms with Gasteiger partial charge in [0.1, 0.15) is 11.6 Å². The zero-order chi connectivity index (χ0) is 40.4. The van der Waals surface area contributed by atoms with E-state index in [1.807, 2.05) is 17.3 Å². The van der Waals surface area contributed by atoms with Crippen LogP contribution in [0, 0.1) is 33.5 Å². The number of aliphatic hydroxyl groups is 2. The first-order valence-electron chi connectivity index (χ1n) is 21.2. The van der Waals surface area contributed by atoms with Gasteiger partial charge in [-0.05, 0) is 60.0 Å². The van der Waals surface area contributed by atoms with Crippen molar-refractivity contribution in [2.75, 3.05) is 13.2 Å². The van der Waals surface area contributed by atoms with E-state index in [2.05, 4.69) is 105 Å². The Balaban J connectivity index is 0.792. The molecule has 4 saturated carbocycles. The average molecular weight is 787 g/mol. The smallest absolute Gasteiger partial charge is 0.258 e. The summed E-state index contributed by atoms with van der Waals surface area (Å²) in [5.74, 6) is 1.60. The summed E-state index contributed by atoms with van der Waals surface area (Å²) in [7, 11) is 0. The highest BCUT2D eigenvalue weighted by molar-refractivity contribution is 5.93. The molecule has 7 fully saturated rings. The Morgan fingerprint density at radius 3 is 1.95 bits per heavy atom. The number of amides is 2. The van der Waals surface area contributed by atoms with Crippen molar-refractivity contribution in [2.24, 2.45) is 33.5 Å². The van der Waals surface area contributed by atoms with E-state index in [0.29, 0.717) is 11.7 Å². The zero-order valence-corrected chi connectivity index (χ0v) is 34.1. The molecule has 2 spiro atoms. The molecule has 4 aromatic rings. The molecule has 3 saturated heterocycles. The predicted octanol–water partition coefficient (Wildman–Crippen LogP) is 6.11. The van der Waals surface area contributed by atoms with Gasteiger partial charge in [0, 0.05) is 46.3 Å². The Labute approximate surface area is 338 Å². The summed E-state index contributed by atoms with van der Waals surface area (Å²) in [4.78, 5) is 46.8. The first-order valence-corrected chi connectivity index (χ1v) is 21.2. The van der Waals surface area contributed by atoms with Crippen molar-refractivity contribution >= 4 is 11.8 Å². The van der Waals surface area contributed by atoms with Crippen LogP contribution in [0.5, 0.6) is 0 Å². The van der Waals surface area contributed by atoms with Gasteiger partial charge < -0.3 is 39.9 Å². The Morgan fingerprint density at radius 2 is 1.43 bits per heavy atom. The molecule has 12 nitrogen and oxygen atoms in total. The Bertz CT molecular complexity index is 2340. The summed E-state index contributed by atoms with van der Waals surface area (Å²) >= 11 is 0. The van der Waals surface area contributed by atoms with E-state index < -0.39 is 17.2 Å². The molecule has 58 heavy (non-hydrogen) atoms. The van der Waals surface area contributed by atoms with Crippen molar-refractivity contribution in [1.82, 2.24) is 30.2 Å². The number of nitrogens with one attached hydrogen (secondary N) is 3. The fourth-order valence-corrected chi connectivity index (χ4v) is 12.6. The highest BCUT2D eigenvalue weighted by Gasteiger charge is 2.92.